The van der Waals surface area contributed by atoms with Gasteiger partial charge in [-0.15, -0.1) is 23.1 Å². The molecule has 2 aromatic carbocycles. The van der Waals surface area contributed by atoms with Gasteiger partial charge in [0.15, 0.2) is 0 Å². The molecule has 0 unspecified atom stereocenters. The number of esters is 1. The predicted molar refractivity (Wildman–Crippen MR) is 110 cm³/mol. The first-order valence-corrected chi connectivity index (χ1v) is 10.1. The molecule has 0 aliphatic heterocycles. The number of nitro groups is 1. The molecule has 0 atom stereocenters. The number of anilines is 1. The quantitative estimate of drug-likeness (QED) is 0.243. The van der Waals surface area contributed by atoms with Crippen LogP contribution in [0.15, 0.2) is 41.3 Å². The smallest absolute Gasteiger partial charge is 0.350 e. The summed E-state index contributed by atoms with van der Waals surface area (Å²) in [6.07, 6.45) is 0. The molecule has 3 rings (SSSR count). The average molecular weight is 423 g/mol. The van der Waals surface area contributed by atoms with E-state index in [1.54, 1.807) is 19.1 Å². The van der Waals surface area contributed by atoms with E-state index in [1.807, 2.05) is 12.1 Å². The van der Waals surface area contributed by atoms with Gasteiger partial charge in [0.05, 0.1) is 17.2 Å². The molecule has 0 amide bonds. The summed E-state index contributed by atoms with van der Waals surface area (Å²) in [4.78, 5) is 23.9. The van der Waals surface area contributed by atoms with Crippen LogP contribution >= 0.6 is 34.7 Å². The molecule has 1 aromatic heterocycles. The van der Waals surface area contributed by atoms with E-state index in [-0.39, 0.29) is 17.2 Å². The van der Waals surface area contributed by atoms with Crippen LogP contribution in [0.5, 0.6) is 0 Å². The van der Waals surface area contributed by atoms with Gasteiger partial charge < -0.3 is 10.5 Å². The first kappa shape index (κ1) is 19.5. The molecule has 27 heavy (non-hydrogen) atoms. The van der Waals surface area contributed by atoms with E-state index in [0.717, 1.165) is 16.9 Å². The number of nitro benzene ring substituents is 1. The summed E-state index contributed by atoms with van der Waals surface area (Å²) < 4.78 is 5.62. The Kier molecular flexibility index (Phi) is 5.88. The van der Waals surface area contributed by atoms with Gasteiger partial charge in [-0.1, -0.05) is 23.7 Å². The van der Waals surface area contributed by atoms with Gasteiger partial charge in [-0.25, -0.2) is 4.79 Å². The van der Waals surface area contributed by atoms with E-state index in [2.05, 4.69) is 0 Å². The minimum Gasteiger partial charge on any atom is -0.462 e. The molecule has 0 saturated carbocycles. The number of thioether (sulfide) groups is 1. The molecule has 0 bridgehead atoms. The van der Waals surface area contributed by atoms with Crippen molar-refractivity contribution in [2.45, 2.75) is 17.6 Å². The number of ether oxygens (including phenoxy) is 1. The Labute approximate surface area is 168 Å². The maximum atomic E-state index is 12.1. The first-order valence-electron chi connectivity index (χ1n) is 7.95. The number of hydrogen-bond acceptors (Lipinski definition) is 7. The summed E-state index contributed by atoms with van der Waals surface area (Å²) in [5.74, 6) is 0.0600. The number of non-ortho nitro benzene ring substituents is 1. The number of carbonyl (C=O) groups is 1. The molecule has 6 nitrogen and oxygen atoms in total. The molecule has 1 heterocycles. The van der Waals surface area contributed by atoms with Gasteiger partial charge in [-0.05, 0) is 24.6 Å². The van der Waals surface area contributed by atoms with E-state index >= 15 is 0 Å². The number of hydrogen-bond donors (Lipinski definition) is 1. The molecule has 9 heteroatoms. The Hall–Kier alpha value is -2.29. The zero-order valence-corrected chi connectivity index (χ0v) is 16.6. The van der Waals surface area contributed by atoms with Crippen LogP contribution in [0, 0.1) is 10.1 Å². The molecule has 0 aliphatic rings. The van der Waals surface area contributed by atoms with Gasteiger partial charge in [0.1, 0.15) is 4.88 Å². The number of nitrogens with zero attached hydrogens (tertiary/aromatic N) is 1. The lowest BCUT2D eigenvalue weighted by Crippen LogP contribution is -2.04. The predicted octanol–water partition coefficient (Wildman–Crippen LogP) is 5.51. The van der Waals surface area contributed by atoms with Crippen LogP contribution in [0.25, 0.3) is 10.1 Å². The van der Waals surface area contributed by atoms with Gasteiger partial charge in [0, 0.05) is 37.9 Å². The topological polar surface area (TPSA) is 95.5 Å². The van der Waals surface area contributed by atoms with Crippen LogP contribution in [0.4, 0.5) is 11.4 Å². The lowest BCUT2D eigenvalue weighted by Gasteiger charge is -2.06. The van der Waals surface area contributed by atoms with Crippen molar-refractivity contribution in [3.05, 3.63) is 62.0 Å². The zero-order valence-electron chi connectivity index (χ0n) is 14.2. The minimum absolute atomic E-state index is 0.0437. The molecule has 2 N–H and O–H groups in total. The summed E-state index contributed by atoms with van der Waals surface area (Å²) in [6.45, 7) is 1.94. The number of fused-ring (bicyclic) bond motifs is 1. The molecular weight excluding hydrogens is 408 g/mol. The Morgan fingerprint density at radius 2 is 2.04 bits per heavy atom. The fourth-order valence-corrected chi connectivity index (χ4v) is 4.86. The summed E-state index contributed by atoms with van der Waals surface area (Å²) in [5, 5.41) is 12.6. The minimum atomic E-state index is -0.521. The highest BCUT2D eigenvalue weighted by Crippen LogP contribution is 2.43. The van der Waals surface area contributed by atoms with Gasteiger partial charge in [-0.2, -0.15) is 0 Å². The third kappa shape index (κ3) is 4.18. The number of carbonyl (C=O) groups excluding carboxylic acids is 1. The molecule has 0 aliphatic carbocycles. The van der Waals surface area contributed by atoms with Crippen LogP contribution in [-0.2, 0) is 10.5 Å². The number of rotatable bonds is 6. The van der Waals surface area contributed by atoms with E-state index < -0.39 is 10.9 Å². The highest BCUT2D eigenvalue weighted by Gasteiger charge is 2.22. The van der Waals surface area contributed by atoms with Crippen molar-refractivity contribution in [1.29, 1.82) is 0 Å². The third-order valence-corrected chi connectivity index (χ3v) is 6.25. The van der Waals surface area contributed by atoms with Crippen molar-refractivity contribution in [3.8, 4) is 0 Å². The number of nitrogen functional groups attached to an aromatic ring is 1. The van der Waals surface area contributed by atoms with E-state index in [1.165, 1.54) is 23.9 Å². The van der Waals surface area contributed by atoms with Crippen molar-refractivity contribution in [3.63, 3.8) is 0 Å². The van der Waals surface area contributed by atoms with Crippen LogP contribution in [0.2, 0.25) is 5.02 Å². The molecule has 0 radical (unpaired) electrons. The van der Waals surface area contributed by atoms with E-state index in [9.17, 15) is 14.9 Å². The highest BCUT2D eigenvalue weighted by molar-refractivity contribution is 7.98. The van der Waals surface area contributed by atoms with E-state index in [0.29, 0.717) is 31.4 Å². The number of halogens is 1. The van der Waals surface area contributed by atoms with E-state index in [4.69, 9.17) is 22.1 Å². The third-order valence-electron chi connectivity index (χ3n) is 3.76. The van der Waals surface area contributed by atoms with Gasteiger partial charge >= 0.3 is 5.97 Å². The Bertz CT molecular complexity index is 1020. The molecular formula is C18H15ClN2O4S2. The lowest BCUT2D eigenvalue weighted by molar-refractivity contribution is -0.384. The van der Waals surface area contributed by atoms with Gasteiger partial charge in [0.2, 0.25) is 0 Å². The van der Waals surface area contributed by atoms with Crippen molar-refractivity contribution < 1.29 is 14.5 Å². The normalized spacial score (nSPS) is 10.9. The maximum absolute atomic E-state index is 12.1. The van der Waals surface area contributed by atoms with Crippen LogP contribution in [0.3, 0.4) is 0 Å². The average Bonchev–Trinajstić information content (AvgIpc) is 2.98. The van der Waals surface area contributed by atoms with Crippen molar-refractivity contribution in [2.75, 3.05) is 12.3 Å². The van der Waals surface area contributed by atoms with Crippen LogP contribution in [-0.4, -0.2) is 17.5 Å². The zero-order chi connectivity index (χ0) is 19.6. The van der Waals surface area contributed by atoms with Gasteiger partial charge in [0.25, 0.3) is 5.69 Å². The summed E-state index contributed by atoms with van der Waals surface area (Å²) in [7, 11) is 0. The van der Waals surface area contributed by atoms with Crippen molar-refractivity contribution >= 4 is 62.1 Å². The second-order valence-electron chi connectivity index (χ2n) is 5.55. The highest BCUT2D eigenvalue weighted by atomic mass is 35.5. The summed E-state index contributed by atoms with van der Waals surface area (Å²) in [6, 6.07) is 10.3. The fourth-order valence-electron chi connectivity index (χ4n) is 2.51. The maximum Gasteiger partial charge on any atom is 0.350 e. The second kappa shape index (κ2) is 8.16. The lowest BCUT2D eigenvalue weighted by atomic mass is 10.2. The standard InChI is InChI=1S/C18H15ClN2O4S2/c1-2-25-18(22)17-16(20)15-13(7-12(21(23)24)8-14(15)27-17)26-9-10-3-5-11(19)6-4-10/h3-8H,2,9,20H2,1H3. The van der Waals surface area contributed by atoms with Gasteiger partial charge in [-0.3, -0.25) is 10.1 Å². The molecule has 3 aromatic rings. The monoisotopic (exact) mass is 422 g/mol. The summed E-state index contributed by atoms with van der Waals surface area (Å²) in [5.41, 5.74) is 7.46. The molecule has 0 spiro atoms. The van der Waals surface area contributed by atoms with Crippen LogP contribution in [0.1, 0.15) is 22.2 Å². The van der Waals surface area contributed by atoms with Crippen molar-refractivity contribution in [1.82, 2.24) is 0 Å². The fraction of sp³-hybridized carbons (Fsp3) is 0.167. The second-order valence-corrected chi connectivity index (χ2v) is 8.06. The molecule has 0 saturated heterocycles. The van der Waals surface area contributed by atoms with Crippen LogP contribution < -0.4 is 5.73 Å². The Morgan fingerprint density at radius 1 is 1.33 bits per heavy atom. The largest absolute Gasteiger partial charge is 0.462 e. The number of nitrogens with two attached hydrogens (primary N) is 1. The Balaban J connectivity index is 2.04. The van der Waals surface area contributed by atoms with Crippen molar-refractivity contribution in [2.24, 2.45) is 0 Å². The SMILES string of the molecule is CCOC(=O)c1sc2cc([N+](=O)[O-])cc(SCc3ccc(Cl)cc3)c2c1N. The first-order chi connectivity index (χ1) is 12.9. The summed E-state index contributed by atoms with van der Waals surface area (Å²) >= 11 is 8.43. The number of thiophene rings is 1. The number of benzene rings is 2. The Morgan fingerprint density at radius 3 is 2.67 bits per heavy atom. The molecule has 140 valence electrons. The molecule has 0 fully saturated rings.